The van der Waals surface area contributed by atoms with Crippen LogP contribution in [0.3, 0.4) is 0 Å². The summed E-state index contributed by atoms with van der Waals surface area (Å²) >= 11 is 0. The first kappa shape index (κ1) is 22.5. The number of aromatic nitrogens is 2. The summed E-state index contributed by atoms with van der Waals surface area (Å²) in [6.07, 6.45) is 1.40. The van der Waals surface area contributed by atoms with Gasteiger partial charge < -0.3 is 20.1 Å². The Morgan fingerprint density at radius 2 is 1.59 bits per heavy atom. The number of rotatable bonds is 7. The summed E-state index contributed by atoms with van der Waals surface area (Å²) in [7, 11) is 3.11. The van der Waals surface area contributed by atoms with Gasteiger partial charge in [0.1, 0.15) is 17.3 Å². The van der Waals surface area contributed by atoms with Crippen molar-refractivity contribution in [2.45, 2.75) is 0 Å². The van der Waals surface area contributed by atoms with Crippen molar-refractivity contribution in [1.82, 2.24) is 15.1 Å². The summed E-state index contributed by atoms with van der Waals surface area (Å²) in [4.78, 5) is 25.2. The van der Waals surface area contributed by atoms with E-state index in [4.69, 9.17) is 9.47 Å². The average Bonchev–Trinajstić information content (AvgIpc) is 2.87. The fraction of sp³-hybridized carbons (Fsp3) is 0.0800. The molecule has 0 aliphatic heterocycles. The first-order chi connectivity index (χ1) is 16.5. The molecule has 4 aromatic rings. The molecule has 0 atom stereocenters. The molecule has 1 heterocycles. The standard InChI is InChI=1S/C25H21FN4O4/c1-27-24(31)16-3-7-18(8-4-16)29-23-22(34-21-13-11-20(33-2)12-14-21)15-28-30(25(23)32)19-9-5-17(26)6-10-19/h3-15,29H,1-2H3,(H,27,31). The van der Waals surface area contributed by atoms with Crippen LogP contribution in [0.1, 0.15) is 10.4 Å². The molecule has 0 saturated heterocycles. The van der Waals surface area contributed by atoms with E-state index in [1.165, 1.54) is 30.5 Å². The topological polar surface area (TPSA) is 94.5 Å². The van der Waals surface area contributed by atoms with Crippen molar-refractivity contribution >= 4 is 17.3 Å². The van der Waals surface area contributed by atoms with E-state index in [1.807, 2.05) is 0 Å². The molecule has 4 rings (SSSR count). The number of carbonyl (C=O) groups excluding carboxylic acids is 1. The molecule has 8 nitrogen and oxygen atoms in total. The normalized spacial score (nSPS) is 10.4. The van der Waals surface area contributed by atoms with E-state index in [-0.39, 0.29) is 17.3 Å². The number of nitrogens with one attached hydrogen (secondary N) is 2. The number of hydrogen-bond donors (Lipinski definition) is 2. The minimum absolute atomic E-state index is 0.114. The van der Waals surface area contributed by atoms with Gasteiger partial charge in [-0.3, -0.25) is 9.59 Å². The van der Waals surface area contributed by atoms with Gasteiger partial charge in [0, 0.05) is 18.3 Å². The van der Waals surface area contributed by atoms with Crippen LogP contribution in [0, 0.1) is 5.82 Å². The third-order valence-electron chi connectivity index (χ3n) is 4.95. The molecule has 2 N–H and O–H groups in total. The summed E-state index contributed by atoms with van der Waals surface area (Å²) in [5.41, 5.74) is 1.03. The molecule has 172 valence electrons. The van der Waals surface area contributed by atoms with Crippen LogP contribution in [-0.4, -0.2) is 29.8 Å². The number of ether oxygens (including phenoxy) is 2. The van der Waals surface area contributed by atoms with E-state index in [1.54, 1.807) is 62.7 Å². The molecule has 0 unspecified atom stereocenters. The molecule has 1 amide bonds. The van der Waals surface area contributed by atoms with E-state index in [9.17, 15) is 14.0 Å². The Balaban J connectivity index is 1.74. The SMILES string of the molecule is CNC(=O)c1ccc(Nc2c(Oc3ccc(OC)cc3)cnn(-c3ccc(F)cc3)c2=O)cc1. The number of hydrogen-bond acceptors (Lipinski definition) is 6. The van der Waals surface area contributed by atoms with Crippen molar-refractivity contribution in [3.8, 4) is 22.9 Å². The van der Waals surface area contributed by atoms with Crippen LogP contribution >= 0.6 is 0 Å². The zero-order valence-corrected chi connectivity index (χ0v) is 18.4. The summed E-state index contributed by atoms with van der Waals surface area (Å²) in [5.74, 6) is 0.665. The van der Waals surface area contributed by atoms with Gasteiger partial charge in [0.25, 0.3) is 11.5 Å². The van der Waals surface area contributed by atoms with Crippen LogP contribution in [0.4, 0.5) is 15.8 Å². The lowest BCUT2D eigenvalue weighted by Gasteiger charge is -2.15. The number of anilines is 2. The van der Waals surface area contributed by atoms with E-state index in [0.717, 1.165) is 4.68 Å². The first-order valence-corrected chi connectivity index (χ1v) is 10.3. The number of halogens is 1. The molecule has 0 bridgehead atoms. The van der Waals surface area contributed by atoms with Crippen molar-refractivity contribution < 1.29 is 18.7 Å². The predicted molar refractivity (Wildman–Crippen MR) is 126 cm³/mol. The molecule has 9 heteroatoms. The van der Waals surface area contributed by atoms with Crippen molar-refractivity contribution in [2.24, 2.45) is 0 Å². The van der Waals surface area contributed by atoms with E-state index >= 15 is 0 Å². The van der Waals surface area contributed by atoms with Crippen LogP contribution in [0.15, 0.2) is 83.8 Å². The maximum absolute atomic E-state index is 13.4. The fourth-order valence-corrected chi connectivity index (χ4v) is 3.16. The van der Waals surface area contributed by atoms with Gasteiger partial charge in [-0.1, -0.05) is 0 Å². The summed E-state index contributed by atoms with van der Waals surface area (Å²) < 4.78 is 25.6. The zero-order chi connectivity index (χ0) is 24.1. The largest absolute Gasteiger partial charge is 0.497 e. The van der Waals surface area contributed by atoms with E-state index in [0.29, 0.717) is 28.4 Å². The highest BCUT2D eigenvalue weighted by molar-refractivity contribution is 5.94. The van der Waals surface area contributed by atoms with Gasteiger partial charge >= 0.3 is 0 Å². The monoisotopic (exact) mass is 460 g/mol. The fourth-order valence-electron chi connectivity index (χ4n) is 3.16. The smallest absolute Gasteiger partial charge is 0.299 e. The lowest BCUT2D eigenvalue weighted by atomic mass is 10.2. The van der Waals surface area contributed by atoms with Crippen LogP contribution in [0.25, 0.3) is 5.69 Å². The average molecular weight is 460 g/mol. The molecular formula is C25H21FN4O4. The highest BCUT2D eigenvalue weighted by Crippen LogP contribution is 2.30. The first-order valence-electron chi connectivity index (χ1n) is 10.3. The maximum atomic E-state index is 13.4. The van der Waals surface area contributed by atoms with Crippen molar-refractivity contribution in [1.29, 1.82) is 0 Å². The summed E-state index contributed by atoms with van der Waals surface area (Å²) in [6.45, 7) is 0. The van der Waals surface area contributed by atoms with Gasteiger partial charge in [-0.05, 0) is 72.8 Å². The van der Waals surface area contributed by atoms with Crippen LogP contribution in [0.2, 0.25) is 0 Å². The number of methoxy groups -OCH3 is 1. The molecule has 0 radical (unpaired) electrons. The van der Waals surface area contributed by atoms with Crippen molar-refractivity contribution in [2.75, 3.05) is 19.5 Å². The van der Waals surface area contributed by atoms with Crippen LogP contribution < -0.4 is 25.7 Å². The highest BCUT2D eigenvalue weighted by atomic mass is 19.1. The second-order valence-electron chi connectivity index (χ2n) is 7.14. The third-order valence-corrected chi connectivity index (χ3v) is 4.95. The summed E-state index contributed by atoms with van der Waals surface area (Å²) in [6, 6.07) is 18.9. The van der Waals surface area contributed by atoms with E-state index < -0.39 is 11.4 Å². The van der Waals surface area contributed by atoms with Gasteiger partial charge in [0.05, 0.1) is 19.0 Å². The Hall–Kier alpha value is -4.66. The summed E-state index contributed by atoms with van der Waals surface area (Å²) in [5, 5.41) is 9.82. The number of benzene rings is 3. The van der Waals surface area contributed by atoms with Gasteiger partial charge in [-0.25, -0.2) is 4.39 Å². The lowest BCUT2D eigenvalue weighted by Crippen LogP contribution is -2.24. The van der Waals surface area contributed by atoms with Gasteiger partial charge in [0.2, 0.25) is 0 Å². The van der Waals surface area contributed by atoms with Gasteiger partial charge in [0.15, 0.2) is 11.4 Å². The third kappa shape index (κ3) is 4.88. The molecule has 0 spiro atoms. The van der Waals surface area contributed by atoms with E-state index in [2.05, 4.69) is 15.7 Å². The Morgan fingerprint density at radius 3 is 2.21 bits per heavy atom. The highest BCUT2D eigenvalue weighted by Gasteiger charge is 2.16. The molecular weight excluding hydrogens is 439 g/mol. The second kappa shape index (κ2) is 9.86. The predicted octanol–water partition coefficient (Wildman–Crippen LogP) is 4.28. The van der Waals surface area contributed by atoms with Gasteiger partial charge in [-0.15, -0.1) is 0 Å². The van der Waals surface area contributed by atoms with Gasteiger partial charge in [-0.2, -0.15) is 9.78 Å². The lowest BCUT2D eigenvalue weighted by molar-refractivity contribution is 0.0963. The molecule has 34 heavy (non-hydrogen) atoms. The minimum Gasteiger partial charge on any atom is -0.497 e. The molecule has 0 saturated carbocycles. The molecule has 3 aromatic carbocycles. The Labute approximate surface area is 194 Å². The Bertz CT molecular complexity index is 1350. The molecule has 0 fully saturated rings. The molecule has 1 aromatic heterocycles. The van der Waals surface area contributed by atoms with Crippen molar-refractivity contribution in [3.05, 3.63) is 101 Å². The second-order valence-corrected chi connectivity index (χ2v) is 7.14. The van der Waals surface area contributed by atoms with Crippen LogP contribution in [-0.2, 0) is 0 Å². The Kier molecular flexibility index (Phi) is 6.54. The zero-order valence-electron chi connectivity index (χ0n) is 18.4. The Morgan fingerprint density at radius 1 is 0.941 bits per heavy atom. The number of carbonyl (C=O) groups is 1. The van der Waals surface area contributed by atoms with Crippen molar-refractivity contribution in [3.63, 3.8) is 0 Å². The van der Waals surface area contributed by atoms with Crippen LogP contribution in [0.5, 0.6) is 17.2 Å². The minimum atomic E-state index is -0.506. The number of amides is 1. The maximum Gasteiger partial charge on any atom is 0.299 e. The number of nitrogens with zero attached hydrogens (tertiary/aromatic N) is 2. The molecule has 0 aliphatic carbocycles. The quantitative estimate of drug-likeness (QED) is 0.428. The molecule has 0 aliphatic rings.